The molecule has 0 saturated heterocycles. The van der Waals surface area contributed by atoms with E-state index in [4.69, 9.17) is 11.6 Å². The third-order valence-electron chi connectivity index (χ3n) is 5.09. The van der Waals surface area contributed by atoms with Gasteiger partial charge in [-0.3, -0.25) is 4.68 Å². The Morgan fingerprint density at radius 3 is 2.81 bits per heavy atom. The average molecular weight is 440 g/mol. The van der Waals surface area contributed by atoms with Gasteiger partial charge in [0.2, 0.25) is 5.95 Å². The highest BCUT2D eigenvalue weighted by atomic mass is 35.5. The van der Waals surface area contributed by atoms with Crippen LogP contribution in [-0.4, -0.2) is 33.3 Å². The van der Waals surface area contributed by atoms with Crippen LogP contribution >= 0.6 is 11.6 Å². The summed E-state index contributed by atoms with van der Waals surface area (Å²) in [7, 11) is 1.76. The van der Waals surface area contributed by atoms with Crippen molar-refractivity contribution in [1.29, 1.82) is 5.26 Å². The van der Waals surface area contributed by atoms with Gasteiger partial charge < -0.3 is 10.2 Å². The highest BCUT2D eigenvalue weighted by Gasteiger charge is 2.24. The normalized spacial score (nSPS) is 13.7. The van der Waals surface area contributed by atoms with Crippen LogP contribution in [0.5, 0.6) is 0 Å². The molecule has 1 aromatic carbocycles. The second-order valence-electron chi connectivity index (χ2n) is 8.47. The first kappa shape index (κ1) is 21.1. The molecule has 7 nitrogen and oxygen atoms in total. The Balaban J connectivity index is 1.56. The summed E-state index contributed by atoms with van der Waals surface area (Å²) in [6.07, 6.45) is 7.43. The number of benzene rings is 1. The maximum Gasteiger partial charge on any atom is 0.227 e. The zero-order chi connectivity index (χ0) is 22.2. The molecule has 2 aromatic heterocycles. The predicted molar refractivity (Wildman–Crippen MR) is 119 cm³/mol. The molecule has 9 heteroatoms. The topological polar surface area (TPSA) is 82.7 Å². The maximum atomic E-state index is 14.9. The molecule has 0 amide bonds. The average Bonchev–Trinajstić information content (AvgIpc) is 3.48. The highest BCUT2D eigenvalue weighted by Crippen LogP contribution is 2.35. The Morgan fingerprint density at radius 1 is 1.35 bits per heavy atom. The van der Waals surface area contributed by atoms with Crippen molar-refractivity contribution >= 4 is 28.9 Å². The zero-order valence-corrected chi connectivity index (χ0v) is 18.4. The van der Waals surface area contributed by atoms with E-state index >= 15 is 0 Å². The fraction of sp³-hybridized carbons (Fsp3) is 0.364. The fourth-order valence-electron chi connectivity index (χ4n) is 3.38. The Kier molecular flexibility index (Phi) is 5.54. The van der Waals surface area contributed by atoms with Gasteiger partial charge in [0.05, 0.1) is 52.0 Å². The van der Waals surface area contributed by atoms with Crippen LogP contribution in [0.1, 0.15) is 32.7 Å². The van der Waals surface area contributed by atoms with Gasteiger partial charge in [0.1, 0.15) is 5.82 Å². The van der Waals surface area contributed by atoms with Crippen LogP contribution in [0.4, 0.5) is 21.7 Å². The molecule has 1 aliphatic carbocycles. The van der Waals surface area contributed by atoms with Gasteiger partial charge in [-0.2, -0.15) is 10.4 Å². The Hall–Kier alpha value is -3.18. The van der Waals surface area contributed by atoms with E-state index in [9.17, 15) is 9.65 Å². The molecule has 1 aliphatic rings. The van der Waals surface area contributed by atoms with Gasteiger partial charge in [0.25, 0.3) is 0 Å². The number of nitrogens with zero attached hydrogens (tertiary/aromatic N) is 6. The summed E-state index contributed by atoms with van der Waals surface area (Å²) in [5, 5.41) is 17.0. The lowest BCUT2D eigenvalue weighted by molar-refractivity contribution is 0.493. The molecule has 1 saturated carbocycles. The van der Waals surface area contributed by atoms with Gasteiger partial charge in [-0.1, -0.05) is 17.7 Å². The number of hydrogen-bond donors (Lipinski definition) is 1. The number of rotatable bonds is 7. The summed E-state index contributed by atoms with van der Waals surface area (Å²) in [6.45, 7) is 4.04. The molecule has 0 radical (unpaired) electrons. The number of anilines is 3. The summed E-state index contributed by atoms with van der Waals surface area (Å²) >= 11 is 6.31. The van der Waals surface area contributed by atoms with Gasteiger partial charge in [-0.05, 0) is 38.8 Å². The van der Waals surface area contributed by atoms with Crippen LogP contribution in [0.2, 0.25) is 5.02 Å². The van der Waals surface area contributed by atoms with Gasteiger partial charge in [0.15, 0.2) is 0 Å². The quantitative estimate of drug-likeness (QED) is 0.545. The minimum Gasteiger partial charge on any atom is -0.371 e. The molecular weight excluding hydrogens is 417 g/mol. The van der Waals surface area contributed by atoms with Crippen molar-refractivity contribution in [3.63, 3.8) is 0 Å². The second-order valence-corrected chi connectivity index (χ2v) is 8.88. The number of halogens is 2. The standard InChI is InChI=1S/C22H23ClFN7/c1-22(2,12-25)13-30(3)19-7-4-14(8-18(19)24)20-17(23)10-26-21(29-20)28-15-9-27-31(11-15)16-5-6-16/h4,7-11,16H,5-6,13H2,1-3H3,(H,26,28,29). The Bertz CT molecular complexity index is 1150. The molecule has 3 aromatic rings. The van der Waals surface area contributed by atoms with Crippen molar-refractivity contribution in [2.24, 2.45) is 5.41 Å². The van der Waals surface area contributed by atoms with Crippen molar-refractivity contribution in [3.8, 4) is 17.3 Å². The molecule has 0 unspecified atom stereocenters. The van der Waals surface area contributed by atoms with Gasteiger partial charge in [-0.25, -0.2) is 14.4 Å². The van der Waals surface area contributed by atoms with E-state index < -0.39 is 11.2 Å². The first-order chi connectivity index (χ1) is 14.8. The van der Waals surface area contributed by atoms with E-state index in [2.05, 4.69) is 26.5 Å². The molecule has 0 aliphatic heterocycles. The summed E-state index contributed by atoms with van der Waals surface area (Å²) in [6, 6.07) is 7.54. The molecule has 160 valence electrons. The second kappa shape index (κ2) is 8.16. The van der Waals surface area contributed by atoms with Gasteiger partial charge in [-0.15, -0.1) is 0 Å². The minimum atomic E-state index is -0.594. The molecule has 1 N–H and O–H groups in total. The Labute approximate surface area is 185 Å². The van der Waals surface area contributed by atoms with Crippen LogP contribution in [0.3, 0.4) is 0 Å². The van der Waals surface area contributed by atoms with Gasteiger partial charge >= 0.3 is 0 Å². The molecule has 1 fully saturated rings. The number of aromatic nitrogens is 4. The van der Waals surface area contributed by atoms with Crippen LogP contribution < -0.4 is 10.2 Å². The van der Waals surface area contributed by atoms with Crippen molar-refractivity contribution in [1.82, 2.24) is 19.7 Å². The van der Waals surface area contributed by atoms with Crippen molar-refractivity contribution in [2.45, 2.75) is 32.7 Å². The summed E-state index contributed by atoms with van der Waals surface area (Å²) in [5.74, 6) is -0.0595. The van der Waals surface area contributed by atoms with E-state index in [-0.39, 0.29) is 0 Å². The van der Waals surface area contributed by atoms with Crippen LogP contribution in [0.15, 0.2) is 36.8 Å². The van der Waals surface area contributed by atoms with Crippen LogP contribution in [0.25, 0.3) is 11.3 Å². The third kappa shape index (κ3) is 4.78. The first-order valence-corrected chi connectivity index (χ1v) is 10.4. The molecular formula is C22H23ClFN7. The van der Waals surface area contributed by atoms with Crippen molar-refractivity contribution < 1.29 is 4.39 Å². The predicted octanol–water partition coefficient (Wildman–Crippen LogP) is 5.20. The number of hydrogen-bond acceptors (Lipinski definition) is 6. The fourth-order valence-corrected chi connectivity index (χ4v) is 3.58. The van der Waals surface area contributed by atoms with Gasteiger partial charge in [0, 0.05) is 25.4 Å². The molecule has 4 rings (SSSR count). The zero-order valence-electron chi connectivity index (χ0n) is 17.6. The van der Waals surface area contributed by atoms with E-state index in [0.29, 0.717) is 40.5 Å². The first-order valence-electron chi connectivity index (χ1n) is 10.0. The highest BCUT2D eigenvalue weighted by molar-refractivity contribution is 6.32. The number of nitrogens with one attached hydrogen (secondary N) is 1. The minimum absolute atomic E-state index is 0.324. The summed E-state index contributed by atoms with van der Waals surface area (Å²) < 4.78 is 16.8. The lowest BCUT2D eigenvalue weighted by atomic mass is 9.95. The van der Waals surface area contributed by atoms with Crippen molar-refractivity contribution in [2.75, 3.05) is 23.8 Å². The third-order valence-corrected chi connectivity index (χ3v) is 5.37. The molecule has 31 heavy (non-hydrogen) atoms. The summed E-state index contributed by atoms with van der Waals surface area (Å²) in [4.78, 5) is 10.4. The monoisotopic (exact) mass is 439 g/mol. The number of nitriles is 1. The lowest BCUT2D eigenvalue weighted by Crippen LogP contribution is -2.30. The van der Waals surface area contributed by atoms with E-state index in [0.717, 1.165) is 18.5 Å². The maximum absolute atomic E-state index is 14.9. The molecule has 2 heterocycles. The van der Waals surface area contributed by atoms with Crippen LogP contribution in [-0.2, 0) is 0 Å². The van der Waals surface area contributed by atoms with E-state index in [1.165, 1.54) is 12.3 Å². The SMILES string of the molecule is CN(CC(C)(C)C#N)c1ccc(-c2nc(Nc3cnn(C4CC4)c3)ncc2Cl)cc1F. The van der Waals surface area contributed by atoms with Crippen molar-refractivity contribution in [3.05, 3.63) is 47.6 Å². The largest absolute Gasteiger partial charge is 0.371 e. The van der Waals surface area contributed by atoms with E-state index in [1.807, 2.05) is 24.7 Å². The molecule has 0 bridgehead atoms. The Morgan fingerprint density at radius 2 is 2.13 bits per heavy atom. The lowest BCUT2D eigenvalue weighted by Gasteiger charge is -2.26. The summed E-state index contributed by atoms with van der Waals surface area (Å²) in [5.41, 5.74) is 1.56. The smallest absolute Gasteiger partial charge is 0.227 e. The van der Waals surface area contributed by atoms with Crippen LogP contribution in [0, 0.1) is 22.6 Å². The molecule has 0 spiro atoms. The molecule has 0 atom stereocenters. The van der Waals surface area contributed by atoms with E-state index in [1.54, 1.807) is 30.3 Å².